The molecule has 2 rings (SSSR count). The first kappa shape index (κ1) is 14.1. The molecule has 0 aliphatic heterocycles. The van der Waals surface area contributed by atoms with E-state index in [0.29, 0.717) is 24.4 Å². The zero-order chi connectivity index (χ0) is 14.4. The predicted octanol–water partition coefficient (Wildman–Crippen LogP) is 2.89. The maximum Gasteiger partial charge on any atom is 0.335 e. The first-order chi connectivity index (χ1) is 9.69. The summed E-state index contributed by atoms with van der Waals surface area (Å²) >= 11 is 0. The molecule has 20 heavy (non-hydrogen) atoms. The number of allylic oxidation sites excluding steroid dienone is 2. The smallest absolute Gasteiger partial charge is 0.335 e. The number of ketones is 1. The number of rotatable bonds is 4. The summed E-state index contributed by atoms with van der Waals surface area (Å²) in [4.78, 5) is 22.9. The monoisotopic (exact) mass is 272 g/mol. The van der Waals surface area contributed by atoms with Crippen molar-refractivity contribution in [3.05, 3.63) is 47.7 Å². The molecule has 0 bridgehead atoms. The third kappa shape index (κ3) is 3.82. The van der Waals surface area contributed by atoms with E-state index in [1.165, 1.54) is 12.2 Å². The van der Waals surface area contributed by atoms with Gasteiger partial charge in [-0.25, -0.2) is 4.79 Å². The Balaban J connectivity index is 2.00. The van der Waals surface area contributed by atoms with Crippen LogP contribution in [0.5, 0.6) is 5.75 Å². The van der Waals surface area contributed by atoms with Crippen LogP contribution in [0.4, 0.5) is 0 Å². The summed E-state index contributed by atoms with van der Waals surface area (Å²) in [7, 11) is 1.57. The molecule has 0 saturated carbocycles. The standard InChI is InChI=1S/C16H16O4/c1-19-15-8-3-2-5-12(15)9-10-16(18)20-14-7-4-6-13(17)11-14/h2-3,5,8-11H,4,6-7H2,1H3/b10-9+. The van der Waals surface area contributed by atoms with Gasteiger partial charge in [0.25, 0.3) is 0 Å². The van der Waals surface area contributed by atoms with Crippen LogP contribution >= 0.6 is 0 Å². The average Bonchev–Trinajstić information content (AvgIpc) is 2.45. The van der Waals surface area contributed by atoms with E-state index < -0.39 is 5.97 Å². The van der Waals surface area contributed by atoms with Gasteiger partial charge in [-0.3, -0.25) is 4.79 Å². The summed E-state index contributed by atoms with van der Waals surface area (Å²) in [5.74, 6) is 0.643. The highest BCUT2D eigenvalue weighted by molar-refractivity contribution is 5.92. The van der Waals surface area contributed by atoms with E-state index in [4.69, 9.17) is 9.47 Å². The second kappa shape index (κ2) is 6.70. The first-order valence-corrected chi connectivity index (χ1v) is 6.45. The van der Waals surface area contributed by atoms with Crippen molar-refractivity contribution in [2.24, 2.45) is 0 Å². The Labute approximate surface area is 117 Å². The molecule has 1 aliphatic rings. The predicted molar refractivity (Wildman–Crippen MR) is 75.1 cm³/mol. The van der Waals surface area contributed by atoms with Crippen molar-refractivity contribution in [2.45, 2.75) is 19.3 Å². The van der Waals surface area contributed by atoms with Crippen molar-refractivity contribution in [1.82, 2.24) is 0 Å². The topological polar surface area (TPSA) is 52.6 Å². The molecule has 0 atom stereocenters. The van der Waals surface area contributed by atoms with E-state index in [9.17, 15) is 9.59 Å². The Morgan fingerprint density at radius 3 is 2.80 bits per heavy atom. The molecule has 0 saturated heterocycles. The minimum atomic E-state index is -0.489. The third-order valence-corrected chi connectivity index (χ3v) is 2.94. The lowest BCUT2D eigenvalue weighted by Crippen LogP contribution is -2.08. The van der Waals surface area contributed by atoms with Gasteiger partial charge in [-0.05, 0) is 18.6 Å². The van der Waals surface area contributed by atoms with Gasteiger partial charge in [0.05, 0.1) is 7.11 Å². The normalized spacial score (nSPS) is 15.1. The fourth-order valence-corrected chi connectivity index (χ4v) is 1.97. The van der Waals surface area contributed by atoms with Gasteiger partial charge < -0.3 is 9.47 Å². The van der Waals surface area contributed by atoms with Gasteiger partial charge in [-0.2, -0.15) is 0 Å². The number of benzene rings is 1. The van der Waals surface area contributed by atoms with Gasteiger partial charge in [-0.1, -0.05) is 18.2 Å². The number of hydrogen-bond acceptors (Lipinski definition) is 4. The lowest BCUT2D eigenvalue weighted by atomic mass is 10.1. The van der Waals surface area contributed by atoms with E-state index in [1.54, 1.807) is 13.2 Å². The van der Waals surface area contributed by atoms with Crippen molar-refractivity contribution in [2.75, 3.05) is 7.11 Å². The highest BCUT2D eigenvalue weighted by Gasteiger charge is 2.13. The van der Waals surface area contributed by atoms with Crippen LogP contribution in [0, 0.1) is 0 Å². The molecule has 0 aromatic heterocycles. The number of methoxy groups -OCH3 is 1. The molecule has 1 aliphatic carbocycles. The molecule has 0 unspecified atom stereocenters. The van der Waals surface area contributed by atoms with Crippen LogP contribution in [-0.2, 0) is 14.3 Å². The molecule has 0 amide bonds. The Hall–Kier alpha value is -2.36. The largest absolute Gasteiger partial charge is 0.496 e. The minimum Gasteiger partial charge on any atom is -0.496 e. The number of carbonyl (C=O) groups is 2. The molecule has 0 spiro atoms. The van der Waals surface area contributed by atoms with Crippen LogP contribution in [0.2, 0.25) is 0 Å². The van der Waals surface area contributed by atoms with Gasteiger partial charge >= 0.3 is 5.97 Å². The number of esters is 1. The van der Waals surface area contributed by atoms with Crippen LogP contribution in [0.3, 0.4) is 0 Å². The quantitative estimate of drug-likeness (QED) is 0.624. The second-order valence-corrected chi connectivity index (χ2v) is 4.43. The SMILES string of the molecule is COc1ccccc1/C=C/C(=O)OC1=CC(=O)CCC1. The highest BCUT2D eigenvalue weighted by Crippen LogP contribution is 2.19. The molecule has 1 aromatic carbocycles. The van der Waals surface area contributed by atoms with Crippen LogP contribution in [0.25, 0.3) is 6.08 Å². The summed E-state index contributed by atoms with van der Waals surface area (Å²) in [5, 5.41) is 0. The van der Waals surface area contributed by atoms with E-state index in [2.05, 4.69) is 0 Å². The van der Waals surface area contributed by atoms with E-state index in [1.807, 2.05) is 24.3 Å². The van der Waals surface area contributed by atoms with Crippen molar-refractivity contribution < 1.29 is 19.1 Å². The van der Waals surface area contributed by atoms with Gasteiger partial charge in [0, 0.05) is 30.6 Å². The first-order valence-electron chi connectivity index (χ1n) is 6.45. The Kier molecular flexibility index (Phi) is 4.71. The molecule has 4 nitrogen and oxygen atoms in total. The molecular formula is C16H16O4. The molecule has 4 heteroatoms. The summed E-state index contributed by atoms with van der Waals surface area (Å²) in [5.41, 5.74) is 0.792. The Morgan fingerprint density at radius 1 is 1.25 bits per heavy atom. The van der Waals surface area contributed by atoms with E-state index in [0.717, 1.165) is 12.0 Å². The summed E-state index contributed by atoms with van der Waals surface area (Å²) in [6, 6.07) is 7.36. The van der Waals surface area contributed by atoms with Crippen molar-refractivity contribution in [3.63, 3.8) is 0 Å². The number of carbonyl (C=O) groups excluding carboxylic acids is 2. The van der Waals surface area contributed by atoms with Crippen molar-refractivity contribution >= 4 is 17.8 Å². The van der Waals surface area contributed by atoms with E-state index in [-0.39, 0.29) is 5.78 Å². The molecule has 0 N–H and O–H groups in total. The van der Waals surface area contributed by atoms with Crippen molar-refractivity contribution in [3.8, 4) is 5.75 Å². The van der Waals surface area contributed by atoms with Crippen LogP contribution in [0.15, 0.2) is 42.2 Å². The fourth-order valence-electron chi connectivity index (χ4n) is 1.97. The third-order valence-electron chi connectivity index (χ3n) is 2.94. The maximum absolute atomic E-state index is 11.7. The molecule has 0 heterocycles. The second-order valence-electron chi connectivity index (χ2n) is 4.43. The lowest BCUT2D eigenvalue weighted by molar-refractivity contribution is -0.134. The van der Waals surface area contributed by atoms with Gasteiger partial charge in [-0.15, -0.1) is 0 Å². The molecule has 0 fully saturated rings. The van der Waals surface area contributed by atoms with Crippen LogP contribution < -0.4 is 4.74 Å². The minimum absolute atomic E-state index is 0.00718. The number of hydrogen-bond donors (Lipinski definition) is 0. The molecule has 104 valence electrons. The lowest BCUT2D eigenvalue weighted by Gasteiger charge is -2.10. The van der Waals surface area contributed by atoms with Gasteiger partial charge in [0.15, 0.2) is 5.78 Å². The number of ether oxygens (including phenoxy) is 2. The van der Waals surface area contributed by atoms with Crippen molar-refractivity contribution in [1.29, 1.82) is 0 Å². The molecule has 1 aromatic rings. The van der Waals surface area contributed by atoms with Crippen LogP contribution in [0.1, 0.15) is 24.8 Å². The molecular weight excluding hydrogens is 256 g/mol. The summed E-state index contributed by atoms with van der Waals surface area (Å²) in [6.07, 6.45) is 6.24. The number of para-hydroxylation sites is 1. The van der Waals surface area contributed by atoms with E-state index >= 15 is 0 Å². The Morgan fingerprint density at radius 2 is 2.05 bits per heavy atom. The zero-order valence-electron chi connectivity index (χ0n) is 11.3. The summed E-state index contributed by atoms with van der Waals surface area (Å²) < 4.78 is 10.3. The zero-order valence-corrected chi connectivity index (χ0v) is 11.3. The average molecular weight is 272 g/mol. The molecule has 0 radical (unpaired) electrons. The summed E-state index contributed by atoms with van der Waals surface area (Å²) in [6.45, 7) is 0. The van der Waals surface area contributed by atoms with Gasteiger partial charge in [0.2, 0.25) is 0 Å². The van der Waals surface area contributed by atoms with Gasteiger partial charge in [0.1, 0.15) is 11.5 Å². The Bertz CT molecular complexity index is 570. The fraction of sp³-hybridized carbons (Fsp3) is 0.250. The maximum atomic E-state index is 11.7. The van der Waals surface area contributed by atoms with Crippen LogP contribution in [-0.4, -0.2) is 18.9 Å². The highest BCUT2D eigenvalue weighted by atomic mass is 16.5.